The van der Waals surface area contributed by atoms with Gasteiger partial charge in [-0.1, -0.05) is 13.3 Å². The highest BCUT2D eigenvalue weighted by Gasteiger charge is 2.09. The van der Waals surface area contributed by atoms with Crippen molar-refractivity contribution in [3.63, 3.8) is 0 Å². The minimum atomic E-state index is -0.752. The average molecular weight is 290 g/mol. The first-order valence-electron chi connectivity index (χ1n) is 6.82. The number of thioether (sulfide) groups is 1. The molecule has 6 heteroatoms. The van der Waals surface area contributed by atoms with E-state index >= 15 is 0 Å². The molecule has 0 aliphatic rings. The first-order valence-corrected chi connectivity index (χ1v) is 8.22. The van der Waals surface area contributed by atoms with E-state index in [9.17, 15) is 9.59 Å². The van der Waals surface area contributed by atoms with Crippen LogP contribution in [0.3, 0.4) is 0 Å². The van der Waals surface area contributed by atoms with Crippen LogP contribution in [-0.2, 0) is 4.79 Å². The van der Waals surface area contributed by atoms with Gasteiger partial charge in [0.25, 0.3) is 0 Å². The summed E-state index contributed by atoms with van der Waals surface area (Å²) < 4.78 is 0. The third-order valence-corrected chi connectivity index (χ3v) is 3.69. The second-order valence-corrected chi connectivity index (χ2v) is 5.51. The van der Waals surface area contributed by atoms with Gasteiger partial charge in [0.15, 0.2) is 0 Å². The molecular weight excluding hydrogens is 264 g/mol. The average Bonchev–Trinajstić information content (AvgIpc) is 2.38. The van der Waals surface area contributed by atoms with Crippen LogP contribution in [0.1, 0.15) is 39.0 Å². The molecular formula is C13H26N2O3S. The van der Waals surface area contributed by atoms with Gasteiger partial charge in [-0.15, -0.1) is 0 Å². The molecule has 0 aliphatic heterocycles. The minimum absolute atomic E-state index is 0.130. The van der Waals surface area contributed by atoms with E-state index in [-0.39, 0.29) is 12.5 Å². The number of amides is 2. The van der Waals surface area contributed by atoms with Crippen molar-refractivity contribution >= 4 is 23.8 Å². The summed E-state index contributed by atoms with van der Waals surface area (Å²) in [6.45, 7) is 3.35. The lowest BCUT2D eigenvalue weighted by molar-refractivity contribution is -0.137. The summed E-state index contributed by atoms with van der Waals surface area (Å²) in [6.07, 6.45) is 5.70. The van der Waals surface area contributed by atoms with Crippen molar-refractivity contribution in [2.24, 2.45) is 5.92 Å². The van der Waals surface area contributed by atoms with E-state index in [0.29, 0.717) is 25.4 Å². The topological polar surface area (TPSA) is 78.4 Å². The molecule has 0 fully saturated rings. The molecule has 0 saturated heterocycles. The van der Waals surface area contributed by atoms with E-state index in [4.69, 9.17) is 5.11 Å². The molecule has 0 saturated carbocycles. The number of carbonyl (C=O) groups excluding carboxylic acids is 1. The summed E-state index contributed by atoms with van der Waals surface area (Å²) in [5.74, 6) is 0.666. The van der Waals surface area contributed by atoms with Crippen LogP contribution >= 0.6 is 11.8 Å². The van der Waals surface area contributed by atoms with Gasteiger partial charge in [-0.05, 0) is 37.2 Å². The molecule has 0 rings (SSSR count). The molecule has 112 valence electrons. The zero-order chi connectivity index (χ0) is 14.5. The summed E-state index contributed by atoms with van der Waals surface area (Å²) in [7, 11) is 0. The van der Waals surface area contributed by atoms with Crippen molar-refractivity contribution in [1.82, 2.24) is 10.6 Å². The van der Waals surface area contributed by atoms with Gasteiger partial charge in [0, 0.05) is 19.5 Å². The zero-order valence-corrected chi connectivity index (χ0v) is 12.7. The molecule has 1 atom stereocenters. The van der Waals surface area contributed by atoms with Gasteiger partial charge in [-0.3, -0.25) is 4.79 Å². The van der Waals surface area contributed by atoms with Crippen LogP contribution in [0.15, 0.2) is 0 Å². The summed E-state index contributed by atoms with van der Waals surface area (Å²) in [6, 6.07) is -0.130. The van der Waals surface area contributed by atoms with Crippen LogP contribution in [-0.4, -0.2) is 42.2 Å². The Balaban J connectivity index is 3.57. The lowest BCUT2D eigenvalue weighted by atomic mass is 9.97. The first-order chi connectivity index (χ1) is 9.10. The molecule has 0 aromatic carbocycles. The lowest BCUT2D eigenvalue weighted by Gasteiger charge is -2.14. The van der Waals surface area contributed by atoms with Crippen LogP contribution in [0.4, 0.5) is 4.79 Å². The number of aliphatic carboxylic acids is 1. The van der Waals surface area contributed by atoms with Gasteiger partial charge in [0.1, 0.15) is 0 Å². The number of hydrogen-bond donors (Lipinski definition) is 3. The molecule has 5 nitrogen and oxygen atoms in total. The standard InChI is InChI=1S/C13H26N2O3S/c1-3-11(5-6-12(16)17)7-9-15-13(18)14-8-4-10-19-2/h11H,3-10H2,1-2H3,(H,16,17)(H2,14,15,18). The Morgan fingerprint density at radius 1 is 1.21 bits per heavy atom. The van der Waals surface area contributed by atoms with Gasteiger partial charge >= 0.3 is 12.0 Å². The smallest absolute Gasteiger partial charge is 0.314 e. The molecule has 0 aliphatic carbocycles. The predicted octanol–water partition coefficient (Wildman–Crippen LogP) is 2.32. The summed E-state index contributed by atoms with van der Waals surface area (Å²) in [4.78, 5) is 21.9. The van der Waals surface area contributed by atoms with Crippen LogP contribution < -0.4 is 10.6 Å². The Bertz CT molecular complexity index is 262. The maximum absolute atomic E-state index is 11.4. The highest BCUT2D eigenvalue weighted by molar-refractivity contribution is 7.98. The lowest BCUT2D eigenvalue weighted by Crippen LogP contribution is -2.37. The Labute approximate surface area is 119 Å². The van der Waals surface area contributed by atoms with Gasteiger partial charge in [-0.2, -0.15) is 11.8 Å². The van der Waals surface area contributed by atoms with E-state index in [1.807, 2.05) is 6.26 Å². The third-order valence-electron chi connectivity index (χ3n) is 2.99. The summed E-state index contributed by atoms with van der Waals surface area (Å²) in [5, 5.41) is 14.2. The zero-order valence-electron chi connectivity index (χ0n) is 11.9. The van der Waals surface area contributed by atoms with E-state index in [0.717, 1.165) is 25.0 Å². The van der Waals surface area contributed by atoms with E-state index in [1.54, 1.807) is 11.8 Å². The monoisotopic (exact) mass is 290 g/mol. The SMILES string of the molecule is CCC(CCNC(=O)NCCCSC)CCC(=O)O. The number of hydrogen-bond acceptors (Lipinski definition) is 3. The Morgan fingerprint density at radius 3 is 2.47 bits per heavy atom. The molecule has 19 heavy (non-hydrogen) atoms. The fourth-order valence-electron chi connectivity index (χ4n) is 1.75. The molecule has 1 unspecified atom stereocenters. The highest BCUT2D eigenvalue weighted by atomic mass is 32.2. The highest BCUT2D eigenvalue weighted by Crippen LogP contribution is 2.14. The van der Waals surface area contributed by atoms with Gasteiger partial charge in [-0.25, -0.2) is 4.79 Å². The molecule has 0 radical (unpaired) electrons. The summed E-state index contributed by atoms with van der Waals surface area (Å²) in [5.41, 5.74) is 0. The van der Waals surface area contributed by atoms with Gasteiger partial charge < -0.3 is 15.7 Å². The number of nitrogens with one attached hydrogen (secondary N) is 2. The Hall–Kier alpha value is -0.910. The van der Waals surface area contributed by atoms with E-state index in [2.05, 4.69) is 17.6 Å². The quantitative estimate of drug-likeness (QED) is 0.510. The molecule has 0 heterocycles. The summed E-state index contributed by atoms with van der Waals surface area (Å²) >= 11 is 1.77. The van der Waals surface area contributed by atoms with Crippen LogP contribution in [0, 0.1) is 5.92 Å². The first kappa shape index (κ1) is 18.1. The predicted molar refractivity (Wildman–Crippen MR) is 79.7 cm³/mol. The second kappa shape index (κ2) is 12.1. The molecule has 3 N–H and O–H groups in total. The van der Waals surface area contributed by atoms with Crippen molar-refractivity contribution in [1.29, 1.82) is 0 Å². The maximum Gasteiger partial charge on any atom is 0.314 e. The van der Waals surface area contributed by atoms with Crippen molar-refractivity contribution in [2.75, 3.05) is 25.1 Å². The molecule has 0 aromatic heterocycles. The largest absolute Gasteiger partial charge is 0.481 e. The normalized spacial score (nSPS) is 11.9. The van der Waals surface area contributed by atoms with Crippen molar-refractivity contribution in [2.45, 2.75) is 39.0 Å². The fraction of sp³-hybridized carbons (Fsp3) is 0.846. The number of rotatable bonds is 11. The number of carboxylic acids is 1. The Morgan fingerprint density at radius 2 is 1.89 bits per heavy atom. The van der Waals surface area contributed by atoms with Crippen molar-refractivity contribution in [3.05, 3.63) is 0 Å². The Kier molecular flexibility index (Phi) is 11.6. The van der Waals surface area contributed by atoms with Crippen molar-refractivity contribution in [3.8, 4) is 0 Å². The molecule has 0 spiro atoms. The number of urea groups is 1. The van der Waals surface area contributed by atoms with Gasteiger partial charge in [0.05, 0.1) is 0 Å². The number of carbonyl (C=O) groups is 2. The van der Waals surface area contributed by atoms with E-state index in [1.165, 1.54) is 0 Å². The van der Waals surface area contributed by atoms with Gasteiger partial charge in [0.2, 0.25) is 0 Å². The minimum Gasteiger partial charge on any atom is -0.481 e. The molecule has 0 aromatic rings. The van der Waals surface area contributed by atoms with E-state index < -0.39 is 5.97 Å². The van der Waals surface area contributed by atoms with Crippen LogP contribution in [0.25, 0.3) is 0 Å². The number of carboxylic acid groups (broad SMARTS) is 1. The second-order valence-electron chi connectivity index (χ2n) is 4.52. The fourth-order valence-corrected chi connectivity index (χ4v) is 2.18. The third kappa shape index (κ3) is 11.9. The van der Waals surface area contributed by atoms with Crippen molar-refractivity contribution < 1.29 is 14.7 Å². The van der Waals surface area contributed by atoms with Crippen LogP contribution in [0.2, 0.25) is 0 Å². The van der Waals surface area contributed by atoms with Crippen LogP contribution in [0.5, 0.6) is 0 Å². The molecule has 0 bridgehead atoms. The molecule has 2 amide bonds. The maximum atomic E-state index is 11.4.